The van der Waals surface area contributed by atoms with Gasteiger partial charge in [-0.15, -0.1) is 0 Å². The fourth-order valence-electron chi connectivity index (χ4n) is 1.80. The van der Waals surface area contributed by atoms with Crippen LogP contribution in [0.25, 0.3) is 0 Å². The van der Waals surface area contributed by atoms with Gasteiger partial charge in [-0.3, -0.25) is 0 Å². The molecule has 0 saturated carbocycles. The van der Waals surface area contributed by atoms with Gasteiger partial charge in [0, 0.05) is 18.9 Å². The summed E-state index contributed by atoms with van der Waals surface area (Å²) in [7, 11) is -4.25. The Morgan fingerprint density at radius 1 is 1.43 bits per heavy atom. The Morgan fingerprint density at radius 3 is 2.71 bits per heavy atom. The van der Waals surface area contributed by atoms with E-state index in [-0.39, 0.29) is 12.1 Å². The minimum Gasteiger partial charge on any atom is -0.347 e. The van der Waals surface area contributed by atoms with Gasteiger partial charge in [0.2, 0.25) is 10.0 Å². The van der Waals surface area contributed by atoms with Gasteiger partial charge in [-0.1, -0.05) is 0 Å². The van der Waals surface area contributed by atoms with Crippen LogP contribution in [0.4, 0.5) is 8.78 Å². The average Bonchev–Trinajstić information content (AvgIpc) is 2.95. The lowest BCUT2D eigenvalue weighted by Gasteiger charge is -2.13. The van der Waals surface area contributed by atoms with Crippen molar-refractivity contribution in [2.45, 2.75) is 24.4 Å². The fraction of sp³-hybridized carbons (Fsp3) is 0.250. The number of hydrogen-bond acceptors (Lipinski definition) is 4. The second-order valence-electron chi connectivity index (χ2n) is 4.41. The van der Waals surface area contributed by atoms with Crippen molar-refractivity contribution < 1.29 is 17.2 Å². The van der Waals surface area contributed by atoms with Crippen molar-refractivity contribution in [2.75, 3.05) is 0 Å². The van der Waals surface area contributed by atoms with Crippen LogP contribution in [0.2, 0.25) is 0 Å². The van der Waals surface area contributed by atoms with Gasteiger partial charge in [-0.25, -0.2) is 26.9 Å². The molecule has 4 N–H and O–H groups in total. The highest BCUT2D eigenvalue weighted by Crippen LogP contribution is 2.21. The fourth-order valence-corrected chi connectivity index (χ4v) is 3.14. The Morgan fingerprint density at radius 2 is 2.14 bits per heavy atom. The molecule has 2 aromatic rings. The van der Waals surface area contributed by atoms with Gasteiger partial charge in [0.05, 0.1) is 6.04 Å². The Balaban J connectivity index is 2.38. The van der Waals surface area contributed by atoms with Gasteiger partial charge in [0.1, 0.15) is 10.7 Å². The van der Waals surface area contributed by atoms with E-state index >= 15 is 0 Å². The predicted octanol–water partition coefficient (Wildman–Crippen LogP) is 1.19. The first-order chi connectivity index (χ1) is 9.85. The molecular formula is C12H14F2N4O2S. The Bertz CT molecular complexity index is 732. The highest BCUT2D eigenvalue weighted by molar-refractivity contribution is 7.89. The number of rotatable bonds is 5. The summed E-state index contributed by atoms with van der Waals surface area (Å²) in [6.45, 7) is 1.42. The summed E-state index contributed by atoms with van der Waals surface area (Å²) >= 11 is 0. The van der Waals surface area contributed by atoms with Gasteiger partial charge in [0.25, 0.3) is 0 Å². The van der Waals surface area contributed by atoms with Crippen LogP contribution in [-0.2, 0) is 16.6 Å². The van der Waals surface area contributed by atoms with E-state index < -0.39 is 32.6 Å². The van der Waals surface area contributed by atoms with Gasteiger partial charge in [-0.05, 0) is 24.6 Å². The maximum absolute atomic E-state index is 13.7. The molecule has 6 nitrogen and oxygen atoms in total. The van der Waals surface area contributed by atoms with E-state index in [9.17, 15) is 17.2 Å². The van der Waals surface area contributed by atoms with Crippen molar-refractivity contribution >= 4 is 10.0 Å². The van der Waals surface area contributed by atoms with E-state index in [0.29, 0.717) is 5.82 Å². The molecule has 1 heterocycles. The van der Waals surface area contributed by atoms with E-state index in [2.05, 4.69) is 14.7 Å². The Kier molecular flexibility index (Phi) is 4.35. The lowest BCUT2D eigenvalue weighted by Crippen LogP contribution is -2.28. The number of imidazole rings is 1. The van der Waals surface area contributed by atoms with Crippen LogP contribution < -0.4 is 10.5 Å². The van der Waals surface area contributed by atoms with Crippen molar-refractivity contribution in [3.8, 4) is 0 Å². The lowest BCUT2D eigenvalue weighted by molar-refractivity contribution is 0.479. The SMILES string of the molecule is CC(NS(=O)(=O)c1cc(CN)cc(F)c1F)c1ncc[nH]1. The molecule has 1 aromatic heterocycles. The van der Waals surface area contributed by atoms with Crippen molar-refractivity contribution in [3.05, 3.63) is 47.5 Å². The van der Waals surface area contributed by atoms with Crippen molar-refractivity contribution in [2.24, 2.45) is 5.73 Å². The first-order valence-corrected chi connectivity index (χ1v) is 7.53. The summed E-state index contributed by atoms with van der Waals surface area (Å²) in [5.74, 6) is -2.34. The molecule has 0 fully saturated rings. The molecule has 1 atom stereocenters. The zero-order valence-corrected chi connectivity index (χ0v) is 11.9. The summed E-state index contributed by atoms with van der Waals surface area (Å²) in [5, 5.41) is 0. The molecule has 1 unspecified atom stereocenters. The molecule has 114 valence electrons. The molecule has 21 heavy (non-hydrogen) atoms. The zero-order valence-electron chi connectivity index (χ0n) is 11.1. The summed E-state index contributed by atoms with van der Waals surface area (Å²) < 4.78 is 53.8. The Hall–Kier alpha value is -1.84. The largest absolute Gasteiger partial charge is 0.347 e. The number of halogens is 2. The van der Waals surface area contributed by atoms with Gasteiger partial charge in [-0.2, -0.15) is 0 Å². The third kappa shape index (κ3) is 3.26. The molecule has 0 aliphatic carbocycles. The normalized spacial score (nSPS) is 13.3. The summed E-state index contributed by atoms with van der Waals surface area (Å²) in [6.07, 6.45) is 2.98. The third-order valence-corrected chi connectivity index (χ3v) is 4.38. The molecule has 0 aliphatic rings. The molecular weight excluding hydrogens is 302 g/mol. The van der Waals surface area contributed by atoms with Crippen LogP contribution in [0.5, 0.6) is 0 Å². The summed E-state index contributed by atoms with van der Waals surface area (Å²) in [6, 6.07) is 1.15. The first-order valence-electron chi connectivity index (χ1n) is 6.04. The molecule has 0 aliphatic heterocycles. The number of nitrogens with two attached hydrogens (primary N) is 1. The van der Waals surface area contributed by atoms with Gasteiger partial charge in [0.15, 0.2) is 11.6 Å². The number of nitrogens with zero attached hydrogens (tertiary/aromatic N) is 1. The zero-order chi connectivity index (χ0) is 15.6. The van der Waals surface area contributed by atoms with Crippen LogP contribution in [0.1, 0.15) is 24.4 Å². The van der Waals surface area contributed by atoms with Crippen LogP contribution in [-0.4, -0.2) is 18.4 Å². The third-order valence-electron chi connectivity index (χ3n) is 2.84. The molecule has 0 saturated heterocycles. The number of H-pyrrole nitrogens is 1. The molecule has 9 heteroatoms. The molecule has 0 radical (unpaired) electrons. The molecule has 0 bridgehead atoms. The minimum absolute atomic E-state index is 0.104. The second kappa shape index (κ2) is 5.88. The van der Waals surface area contributed by atoms with Crippen LogP contribution >= 0.6 is 0 Å². The smallest absolute Gasteiger partial charge is 0.244 e. The van der Waals surface area contributed by atoms with Gasteiger partial charge >= 0.3 is 0 Å². The maximum atomic E-state index is 13.7. The standard InChI is InChI=1S/C12H14F2N4O2S/c1-7(12-16-2-3-17-12)18-21(19,20)10-5-8(6-15)4-9(13)11(10)14/h2-5,7,18H,6,15H2,1H3,(H,16,17). The number of sulfonamides is 1. The van der Waals surface area contributed by atoms with E-state index in [1.165, 1.54) is 19.3 Å². The number of hydrogen-bond donors (Lipinski definition) is 3. The number of aromatic amines is 1. The monoisotopic (exact) mass is 316 g/mol. The maximum Gasteiger partial charge on any atom is 0.244 e. The summed E-state index contributed by atoms with van der Waals surface area (Å²) in [4.78, 5) is 5.85. The predicted molar refractivity (Wildman–Crippen MR) is 71.6 cm³/mol. The van der Waals surface area contributed by atoms with Gasteiger partial charge < -0.3 is 10.7 Å². The number of benzene rings is 1. The van der Waals surface area contributed by atoms with E-state index in [0.717, 1.165) is 12.1 Å². The van der Waals surface area contributed by atoms with Crippen LogP contribution in [0, 0.1) is 11.6 Å². The minimum atomic E-state index is -4.25. The second-order valence-corrected chi connectivity index (χ2v) is 6.09. The topological polar surface area (TPSA) is 101 Å². The van der Waals surface area contributed by atoms with Crippen molar-refractivity contribution in [1.29, 1.82) is 0 Å². The lowest BCUT2D eigenvalue weighted by atomic mass is 10.2. The number of nitrogens with one attached hydrogen (secondary N) is 2. The molecule has 0 amide bonds. The van der Waals surface area contributed by atoms with E-state index in [4.69, 9.17) is 5.73 Å². The van der Waals surface area contributed by atoms with E-state index in [1.54, 1.807) is 0 Å². The van der Waals surface area contributed by atoms with Crippen LogP contribution in [0.3, 0.4) is 0 Å². The molecule has 1 aromatic carbocycles. The Labute approximate surface area is 120 Å². The molecule has 0 spiro atoms. The average molecular weight is 316 g/mol. The van der Waals surface area contributed by atoms with E-state index in [1.807, 2.05) is 0 Å². The van der Waals surface area contributed by atoms with Crippen LogP contribution in [0.15, 0.2) is 29.4 Å². The highest BCUT2D eigenvalue weighted by atomic mass is 32.2. The van der Waals surface area contributed by atoms with Crippen molar-refractivity contribution in [1.82, 2.24) is 14.7 Å². The number of aromatic nitrogens is 2. The first kappa shape index (κ1) is 15.5. The van der Waals surface area contributed by atoms with Crippen molar-refractivity contribution in [3.63, 3.8) is 0 Å². The quantitative estimate of drug-likeness (QED) is 0.771. The summed E-state index contributed by atoms with van der Waals surface area (Å²) in [5.41, 5.74) is 5.52. The molecule has 2 rings (SSSR count). The highest BCUT2D eigenvalue weighted by Gasteiger charge is 2.25.